The Balaban J connectivity index is 2.10. The van der Waals surface area contributed by atoms with Gasteiger partial charge in [0.15, 0.2) is 0 Å². The highest BCUT2D eigenvalue weighted by Gasteiger charge is 2.36. The van der Waals surface area contributed by atoms with E-state index in [0.717, 1.165) is 25.3 Å². The molecule has 0 amide bonds. The van der Waals surface area contributed by atoms with Crippen molar-refractivity contribution < 1.29 is 0 Å². The van der Waals surface area contributed by atoms with Crippen LogP contribution in [0.15, 0.2) is 12.3 Å². The van der Waals surface area contributed by atoms with Crippen molar-refractivity contribution in [2.75, 3.05) is 13.1 Å². The Kier molecular flexibility index (Phi) is 4.40. The van der Waals surface area contributed by atoms with Gasteiger partial charge in [-0.15, -0.1) is 0 Å². The van der Waals surface area contributed by atoms with Gasteiger partial charge in [-0.05, 0) is 25.5 Å². The molecule has 2 N–H and O–H groups in total. The summed E-state index contributed by atoms with van der Waals surface area (Å²) in [6.45, 7) is 4.98. The monoisotopic (exact) mass is 250 g/mol. The summed E-state index contributed by atoms with van der Waals surface area (Å²) in [6, 6.07) is 2.11. The number of aromatic nitrogens is 2. The fourth-order valence-corrected chi connectivity index (χ4v) is 3.22. The first-order chi connectivity index (χ1) is 8.70. The summed E-state index contributed by atoms with van der Waals surface area (Å²) < 4.78 is 1.87. The molecule has 1 heterocycles. The Morgan fingerprint density at radius 1 is 1.39 bits per heavy atom. The van der Waals surface area contributed by atoms with Crippen LogP contribution in [0.4, 0.5) is 0 Å². The van der Waals surface area contributed by atoms with Crippen molar-refractivity contribution in [1.29, 1.82) is 0 Å². The molecular formula is C14H26N4. The summed E-state index contributed by atoms with van der Waals surface area (Å²) in [4.78, 5) is 2.54. The molecule has 0 aliphatic heterocycles. The first-order valence-electron chi connectivity index (χ1n) is 7.14. The van der Waals surface area contributed by atoms with Crippen LogP contribution in [0, 0.1) is 0 Å². The van der Waals surface area contributed by atoms with Crippen LogP contribution in [-0.4, -0.2) is 33.3 Å². The summed E-state index contributed by atoms with van der Waals surface area (Å²) >= 11 is 0. The molecule has 2 rings (SSSR count). The summed E-state index contributed by atoms with van der Waals surface area (Å²) in [6.07, 6.45) is 8.49. The van der Waals surface area contributed by atoms with Gasteiger partial charge in [-0.3, -0.25) is 9.58 Å². The van der Waals surface area contributed by atoms with Crippen LogP contribution in [0.5, 0.6) is 0 Å². The zero-order valence-corrected chi connectivity index (χ0v) is 11.7. The SMILES string of the molecule is CCN(Cc1ccn(C)n1)C1(CN)CCCCC1. The third-order valence-corrected chi connectivity index (χ3v) is 4.34. The Morgan fingerprint density at radius 2 is 2.11 bits per heavy atom. The average Bonchev–Trinajstić information content (AvgIpc) is 2.82. The van der Waals surface area contributed by atoms with Crippen molar-refractivity contribution in [1.82, 2.24) is 14.7 Å². The van der Waals surface area contributed by atoms with E-state index in [0.29, 0.717) is 0 Å². The maximum absolute atomic E-state index is 6.11. The van der Waals surface area contributed by atoms with Crippen LogP contribution in [-0.2, 0) is 13.6 Å². The van der Waals surface area contributed by atoms with Crippen LogP contribution in [0.1, 0.15) is 44.7 Å². The number of nitrogens with two attached hydrogens (primary N) is 1. The number of nitrogens with zero attached hydrogens (tertiary/aromatic N) is 3. The standard InChI is InChI=1S/C14H26N4/c1-3-18(11-13-7-10-17(2)16-13)14(12-15)8-5-4-6-9-14/h7,10H,3-6,8-9,11-12,15H2,1-2H3. The molecule has 18 heavy (non-hydrogen) atoms. The minimum absolute atomic E-state index is 0.213. The molecule has 1 saturated carbocycles. The molecule has 1 aromatic heterocycles. The van der Waals surface area contributed by atoms with E-state index < -0.39 is 0 Å². The minimum atomic E-state index is 0.213. The second-order valence-electron chi connectivity index (χ2n) is 5.48. The summed E-state index contributed by atoms with van der Waals surface area (Å²) in [5.41, 5.74) is 7.47. The van der Waals surface area contributed by atoms with Crippen LogP contribution in [0.2, 0.25) is 0 Å². The molecule has 4 nitrogen and oxygen atoms in total. The lowest BCUT2D eigenvalue weighted by atomic mass is 9.80. The van der Waals surface area contributed by atoms with Crippen molar-refractivity contribution in [2.24, 2.45) is 12.8 Å². The smallest absolute Gasteiger partial charge is 0.0764 e. The molecule has 0 spiro atoms. The van der Waals surface area contributed by atoms with E-state index in [4.69, 9.17) is 5.73 Å². The van der Waals surface area contributed by atoms with Gasteiger partial charge in [0.25, 0.3) is 0 Å². The Hall–Kier alpha value is -0.870. The van der Waals surface area contributed by atoms with Gasteiger partial charge in [-0.25, -0.2) is 0 Å². The van der Waals surface area contributed by atoms with Crippen LogP contribution in [0.25, 0.3) is 0 Å². The fourth-order valence-electron chi connectivity index (χ4n) is 3.22. The number of hydrogen-bond donors (Lipinski definition) is 1. The lowest BCUT2D eigenvalue weighted by molar-refractivity contribution is 0.0534. The van der Waals surface area contributed by atoms with Gasteiger partial charge in [-0.2, -0.15) is 5.10 Å². The second-order valence-corrected chi connectivity index (χ2v) is 5.48. The highest BCUT2D eigenvalue weighted by atomic mass is 15.3. The predicted octanol–water partition coefficient (Wildman–Crippen LogP) is 1.90. The molecule has 1 fully saturated rings. The first-order valence-corrected chi connectivity index (χ1v) is 7.14. The largest absolute Gasteiger partial charge is 0.329 e. The van der Waals surface area contributed by atoms with Crippen molar-refractivity contribution in [3.8, 4) is 0 Å². The van der Waals surface area contributed by atoms with Crippen molar-refractivity contribution in [3.05, 3.63) is 18.0 Å². The minimum Gasteiger partial charge on any atom is -0.329 e. The van der Waals surface area contributed by atoms with E-state index in [2.05, 4.69) is 23.0 Å². The average molecular weight is 250 g/mol. The molecule has 1 aliphatic carbocycles. The molecule has 0 saturated heterocycles. The van der Waals surface area contributed by atoms with Crippen molar-refractivity contribution in [2.45, 2.75) is 51.1 Å². The van der Waals surface area contributed by atoms with E-state index >= 15 is 0 Å². The number of aryl methyl sites for hydroxylation is 1. The maximum Gasteiger partial charge on any atom is 0.0764 e. The Bertz CT molecular complexity index is 366. The molecule has 0 bridgehead atoms. The molecule has 0 unspecified atom stereocenters. The Morgan fingerprint density at radius 3 is 2.61 bits per heavy atom. The fraction of sp³-hybridized carbons (Fsp3) is 0.786. The molecule has 102 valence electrons. The molecular weight excluding hydrogens is 224 g/mol. The van der Waals surface area contributed by atoms with Crippen LogP contribution >= 0.6 is 0 Å². The van der Waals surface area contributed by atoms with Gasteiger partial charge in [0.1, 0.15) is 0 Å². The predicted molar refractivity (Wildman–Crippen MR) is 74.2 cm³/mol. The molecule has 0 aromatic carbocycles. The van der Waals surface area contributed by atoms with Crippen molar-refractivity contribution >= 4 is 0 Å². The van der Waals surface area contributed by atoms with E-state index in [-0.39, 0.29) is 5.54 Å². The van der Waals surface area contributed by atoms with Gasteiger partial charge in [0.2, 0.25) is 0 Å². The highest BCUT2D eigenvalue weighted by Crippen LogP contribution is 2.33. The summed E-state index contributed by atoms with van der Waals surface area (Å²) in [5.74, 6) is 0. The zero-order valence-electron chi connectivity index (χ0n) is 11.7. The van der Waals surface area contributed by atoms with E-state index in [1.165, 1.54) is 32.1 Å². The topological polar surface area (TPSA) is 47.1 Å². The number of rotatable bonds is 5. The Labute approximate surface area is 110 Å². The molecule has 1 aliphatic rings. The lowest BCUT2D eigenvalue weighted by Gasteiger charge is -2.45. The third-order valence-electron chi connectivity index (χ3n) is 4.34. The van der Waals surface area contributed by atoms with Gasteiger partial charge < -0.3 is 5.73 Å². The number of hydrogen-bond acceptors (Lipinski definition) is 3. The van der Waals surface area contributed by atoms with Gasteiger partial charge >= 0.3 is 0 Å². The normalized spacial score (nSPS) is 19.3. The lowest BCUT2D eigenvalue weighted by Crippen LogP contribution is -2.54. The highest BCUT2D eigenvalue weighted by molar-refractivity contribution is 5.02. The number of likely N-dealkylation sites (N-methyl/N-ethyl adjacent to an activating group) is 1. The maximum atomic E-state index is 6.11. The first kappa shape index (κ1) is 13.6. The third kappa shape index (κ3) is 2.75. The molecule has 0 radical (unpaired) electrons. The molecule has 4 heteroatoms. The van der Waals surface area contributed by atoms with E-state index in [9.17, 15) is 0 Å². The van der Waals surface area contributed by atoms with Crippen LogP contribution < -0.4 is 5.73 Å². The second kappa shape index (κ2) is 5.85. The quantitative estimate of drug-likeness (QED) is 0.868. The zero-order chi connectivity index (χ0) is 13.0. The summed E-state index contributed by atoms with van der Waals surface area (Å²) in [7, 11) is 1.97. The van der Waals surface area contributed by atoms with E-state index in [1.807, 2.05) is 17.9 Å². The van der Waals surface area contributed by atoms with Gasteiger partial charge in [0, 0.05) is 31.9 Å². The van der Waals surface area contributed by atoms with Crippen molar-refractivity contribution in [3.63, 3.8) is 0 Å². The van der Waals surface area contributed by atoms with Gasteiger partial charge in [0.05, 0.1) is 5.69 Å². The van der Waals surface area contributed by atoms with Crippen LogP contribution in [0.3, 0.4) is 0 Å². The van der Waals surface area contributed by atoms with E-state index in [1.54, 1.807) is 0 Å². The molecule has 0 atom stereocenters. The summed E-state index contributed by atoms with van der Waals surface area (Å²) in [5, 5.41) is 4.49. The molecule has 1 aromatic rings. The van der Waals surface area contributed by atoms with Gasteiger partial charge in [-0.1, -0.05) is 26.2 Å².